The minimum atomic E-state index is -0.172. The summed E-state index contributed by atoms with van der Waals surface area (Å²) in [7, 11) is 0. The summed E-state index contributed by atoms with van der Waals surface area (Å²) < 4.78 is 5.00. The average molecular weight is 239 g/mol. The molecule has 17 heavy (non-hydrogen) atoms. The van der Waals surface area contributed by atoms with Gasteiger partial charge in [0.05, 0.1) is 12.5 Å². The van der Waals surface area contributed by atoms with E-state index in [4.69, 9.17) is 4.74 Å². The van der Waals surface area contributed by atoms with Gasteiger partial charge in [-0.05, 0) is 26.2 Å². The number of hydrogen-bond acceptors (Lipinski definition) is 3. The molecule has 1 saturated heterocycles. The molecule has 1 atom stereocenters. The zero-order valence-electron chi connectivity index (χ0n) is 10.5. The molecule has 0 radical (unpaired) electrons. The number of ether oxygens (including phenoxy) is 1. The highest BCUT2D eigenvalue weighted by atomic mass is 16.5. The molecule has 1 aliphatic heterocycles. The Hall–Kier alpha value is -1.32. The number of nitrogens with zero attached hydrogens (tertiary/aromatic N) is 1. The highest BCUT2D eigenvalue weighted by Crippen LogP contribution is 2.18. The van der Waals surface area contributed by atoms with Crippen molar-refractivity contribution in [3.05, 3.63) is 12.7 Å². The van der Waals surface area contributed by atoms with Crippen LogP contribution in [0, 0.1) is 5.92 Å². The summed E-state index contributed by atoms with van der Waals surface area (Å²) >= 11 is 0. The number of rotatable bonds is 5. The molecule has 1 rings (SSSR count). The first-order valence-electron chi connectivity index (χ1n) is 6.24. The number of esters is 1. The molecule has 1 heterocycles. The Morgan fingerprint density at radius 2 is 2.29 bits per heavy atom. The molecule has 0 aromatic heterocycles. The summed E-state index contributed by atoms with van der Waals surface area (Å²) in [5.41, 5.74) is 0. The van der Waals surface area contributed by atoms with E-state index in [9.17, 15) is 9.59 Å². The fourth-order valence-electron chi connectivity index (χ4n) is 2.04. The lowest BCUT2D eigenvalue weighted by molar-refractivity contribution is -0.151. The molecular weight excluding hydrogens is 218 g/mol. The second-order valence-electron chi connectivity index (χ2n) is 4.26. The second-order valence-corrected chi connectivity index (χ2v) is 4.26. The van der Waals surface area contributed by atoms with Crippen LogP contribution < -0.4 is 0 Å². The Kier molecular flexibility index (Phi) is 5.73. The minimum absolute atomic E-state index is 0.110. The number of likely N-dealkylation sites (tertiary alicyclic amines) is 1. The summed E-state index contributed by atoms with van der Waals surface area (Å²) in [6, 6.07) is 0. The van der Waals surface area contributed by atoms with E-state index in [0.717, 1.165) is 19.4 Å². The van der Waals surface area contributed by atoms with Crippen LogP contribution in [0.2, 0.25) is 0 Å². The fraction of sp³-hybridized carbons (Fsp3) is 0.692. The first-order chi connectivity index (χ1) is 8.19. The summed E-state index contributed by atoms with van der Waals surface area (Å²) in [5.74, 6) is -0.205. The van der Waals surface area contributed by atoms with E-state index in [-0.39, 0.29) is 17.8 Å². The lowest BCUT2D eigenvalue weighted by atomic mass is 9.98. The van der Waals surface area contributed by atoms with Crippen molar-refractivity contribution in [3.63, 3.8) is 0 Å². The lowest BCUT2D eigenvalue weighted by Gasteiger charge is -2.31. The lowest BCUT2D eigenvalue weighted by Crippen LogP contribution is -2.42. The van der Waals surface area contributed by atoms with Crippen LogP contribution in [0.15, 0.2) is 12.7 Å². The van der Waals surface area contributed by atoms with E-state index < -0.39 is 0 Å². The number of allylic oxidation sites excluding steroid dienone is 1. The first-order valence-corrected chi connectivity index (χ1v) is 6.24. The molecule has 1 amide bonds. The quantitative estimate of drug-likeness (QED) is 0.542. The predicted molar refractivity (Wildman–Crippen MR) is 65.4 cm³/mol. The van der Waals surface area contributed by atoms with Crippen LogP contribution >= 0.6 is 0 Å². The van der Waals surface area contributed by atoms with E-state index in [1.807, 2.05) is 0 Å². The van der Waals surface area contributed by atoms with Crippen molar-refractivity contribution in [2.45, 2.75) is 32.6 Å². The highest BCUT2D eigenvalue weighted by molar-refractivity contribution is 5.78. The van der Waals surface area contributed by atoms with Crippen LogP contribution in [0.1, 0.15) is 32.6 Å². The highest BCUT2D eigenvalue weighted by Gasteiger charge is 2.28. The summed E-state index contributed by atoms with van der Waals surface area (Å²) in [5, 5.41) is 0. The molecule has 1 aliphatic rings. The Bertz CT molecular complexity index is 288. The summed E-state index contributed by atoms with van der Waals surface area (Å²) in [6.07, 6.45) is 4.62. The van der Waals surface area contributed by atoms with E-state index in [1.54, 1.807) is 17.9 Å². The molecule has 0 aromatic carbocycles. The van der Waals surface area contributed by atoms with Crippen LogP contribution in [0.25, 0.3) is 0 Å². The van der Waals surface area contributed by atoms with Crippen molar-refractivity contribution in [1.29, 1.82) is 0 Å². The normalized spacial score (nSPS) is 19.8. The third-order valence-corrected chi connectivity index (χ3v) is 2.96. The van der Waals surface area contributed by atoms with Crippen LogP contribution in [-0.4, -0.2) is 36.5 Å². The maximum Gasteiger partial charge on any atom is 0.310 e. The molecule has 0 saturated carbocycles. The van der Waals surface area contributed by atoms with Crippen molar-refractivity contribution < 1.29 is 14.3 Å². The number of carbonyl (C=O) groups is 2. The zero-order valence-corrected chi connectivity index (χ0v) is 10.5. The van der Waals surface area contributed by atoms with Crippen molar-refractivity contribution in [2.75, 3.05) is 19.7 Å². The van der Waals surface area contributed by atoms with Gasteiger partial charge in [0.1, 0.15) is 0 Å². The standard InChI is InChI=1S/C13H21NO3/c1-3-5-8-12(15)14-9-6-7-11(10-14)13(16)17-4-2/h3,11H,1,4-10H2,2H3/t11-/m0/s1. The van der Waals surface area contributed by atoms with E-state index in [1.165, 1.54) is 0 Å². The van der Waals surface area contributed by atoms with Gasteiger partial charge in [-0.1, -0.05) is 6.08 Å². The summed E-state index contributed by atoms with van der Waals surface area (Å²) in [6.45, 7) is 7.07. The first kappa shape index (κ1) is 13.7. The molecule has 0 bridgehead atoms. The van der Waals surface area contributed by atoms with Gasteiger partial charge in [-0.2, -0.15) is 0 Å². The zero-order chi connectivity index (χ0) is 12.7. The largest absolute Gasteiger partial charge is 0.466 e. The van der Waals surface area contributed by atoms with Gasteiger partial charge in [-0.15, -0.1) is 6.58 Å². The van der Waals surface area contributed by atoms with Crippen molar-refractivity contribution in [1.82, 2.24) is 4.90 Å². The van der Waals surface area contributed by atoms with Crippen LogP contribution in [0.4, 0.5) is 0 Å². The third kappa shape index (κ3) is 4.21. The van der Waals surface area contributed by atoms with Gasteiger partial charge in [0.2, 0.25) is 5.91 Å². The van der Waals surface area contributed by atoms with Crippen molar-refractivity contribution >= 4 is 11.9 Å². The van der Waals surface area contributed by atoms with Crippen molar-refractivity contribution in [3.8, 4) is 0 Å². The predicted octanol–water partition coefficient (Wildman–Crippen LogP) is 1.75. The SMILES string of the molecule is C=CCCC(=O)N1CCC[C@H](C(=O)OCC)C1. The monoisotopic (exact) mass is 239 g/mol. The van der Waals surface area contributed by atoms with E-state index in [2.05, 4.69) is 6.58 Å². The molecule has 4 nitrogen and oxygen atoms in total. The third-order valence-electron chi connectivity index (χ3n) is 2.96. The van der Waals surface area contributed by atoms with Gasteiger partial charge in [0.15, 0.2) is 0 Å². The van der Waals surface area contributed by atoms with Crippen LogP contribution in [0.3, 0.4) is 0 Å². The number of amides is 1. The van der Waals surface area contributed by atoms with Crippen LogP contribution in [-0.2, 0) is 14.3 Å². The molecule has 0 N–H and O–H groups in total. The van der Waals surface area contributed by atoms with Gasteiger partial charge >= 0.3 is 5.97 Å². The number of piperidine rings is 1. The minimum Gasteiger partial charge on any atom is -0.466 e. The molecule has 0 unspecified atom stereocenters. The topological polar surface area (TPSA) is 46.6 Å². The van der Waals surface area contributed by atoms with E-state index in [0.29, 0.717) is 26.0 Å². The van der Waals surface area contributed by atoms with Gasteiger partial charge in [0.25, 0.3) is 0 Å². The average Bonchev–Trinajstić information content (AvgIpc) is 2.36. The maximum absolute atomic E-state index is 11.8. The van der Waals surface area contributed by atoms with Gasteiger partial charge < -0.3 is 9.64 Å². The molecular formula is C13H21NO3. The molecule has 0 spiro atoms. The molecule has 96 valence electrons. The van der Waals surface area contributed by atoms with Gasteiger partial charge in [-0.3, -0.25) is 9.59 Å². The second kappa shape index (κ2) is 7.09. The Labute approximate surface area is 103 Å². The molecule has 1 fully saturated rings. The Morgan fingerprint density at radius 3 is 2.94 bits per heavy atom. The molecule has 0 aliphatic carbocycles. The molecule has 4 heteroatoms. The number of hydrogen-bond donors (Lipinski definition) is 0. The Morgan fingerprint density at radius 1 is 1.53 bits per heavy atom. The molecule has 0 aromatic rings. The fourth-order valence-corrected chi connectivity index (χ4v) is 2.04. The summed E-state index contributed by atoms with van der Waals surface area (Å²) in [4.78, 5) is 25.2. The van der Waals surface area contributed by atoms with Gasteiger partial charge in [0, 0.05) is 19.5 Å². The number of carbonyl (C=O) groups excluding carboxylic acids is 2. The Balaban J connectivity index is 2.45. The van der Waals surface area contributed by atoms with Gasteiger partial charge in [-0.25, -0.2) is 0 Å². The van der Waals surface area contributed by atoms with E-state index >= 15 is 0 Å². The van der Waals surface area contributed by atoms with Crippen LogP contribution in [0.5, 0.6) is 0 Å². The van der Waals surface area contributed by atoms with Crippen molar-refractivity contribution in [2.24, 2.45) is 5.92 Å². The smallest absolute Gasteiger partial charge is 0.310 e. The maximum atomic E-state index is 11.8.